The minimum absolute atomic E-state index is 0.0203. The number of carbonyl (C=O) groups is 1. The molecule has 0 aliphatic heterocycles. The van der Waals surface area contributed by atoms with E-state index in [2.05, 4.69) is 10.3 Å². The number of aryl methyl sites for hydroxylation is 2. The number of nitrogens with one attached hydrogen (secondary N) is 1. The van der Waals surface area contributed by atoms with Gasteiger partial charge < -0.3 is 5.32 Å². The van der Waals surface area contributed by atoms with Crippen molar-refractivity contribution in [2.45, 2.75) is 13.8 Å². The Balaban J connectivity index is 2.20. The van der Waals surface area contributed by atoms with Gasteiger partial charge in [0, 0.05) is 11.9 Å². The summed E-state index contributed by atoms with van der Waals surface area (Å²) in [4.78, 5) is 16.2. The van der Waals surface area contributed by atoms with Crippen LogP contribution in [0.2, 0.25) is 0 Å². The predicted molar refractivity (Wildman–Crippen MR) is 82.4 cm³/mol. The molecule has 2 rings (SSSR count). The first-order valence-corrected chi connectivity index (χ1v) is 6.51. The van der Waals surface area contributed by atoms with Crippen LogP contribution < -0.4 is 5.32 Å². The average molecular weight is 277 g/mol. The molecule has 1 N–H and O–H groups in total. The number of anilines is 1. The molecule has 0 atom stereocenters. The minimum atomic E-state index is -0.439. The molecule has 0 fully saturated rings. The predicted octanol–water partition coefficient (Wildman–Crippen LogP) is 3.24. The van der Waals surface area contributed by atoms with Gasteiger partial charge in [-0.1, -0.05) is 12.1 Å². The number of nitriles is 1. The van der Waals surface area contributed by atoms with Gasteiger partial charge in [-0.05, 0) is 55.3 Å². The van der Waals surface area contributed by atoms with Gasteiger partial charge in [-0.25, -0.2) is 0 Å². The van der Waals surface area contributed by atoms with Crippen molar-refractivity contribution in [3.05, 3.63) is 65.0 Å². The monoisotopic (exact) mass is 277 g/mol. The molecular formula is C17H15N3O. The van der Waals surface area contributed by atoms with E-state index in [1.54, 1.807) is 24.4 Å². The fraction of sp³-hybridized carbons (Fsp3) is 0.118. The Bertz CT molecular complexity index is 727. The number of hydrogen-bond acceptors (Lipinski definition) is 3. The van der Waals surface area contributed by atoms with Crippen LogP contribution >= 0.6 is 0 Å². The number of pyridine rings is 1. The zero-order valence-corrected chi connectivity index (χ0v) is 11.9. The van der Waals surface area contributed by atoms with Gasteiger partial charge >= 0.3 is 0 Å². The molecule has 1 aromatic carbocycles. The first-order valence-electron chi connectivity index (χ1n) is 6.51. The quantitative estimate of drug-likeness (QED) is 0.691. The van der Waals surface area contributed by atoms with Crippen LogP contribution in [0.1, 0.15) is 16.8 Å². The molecule has 0 spiro atoms. The lowest BCUT2D eigenvalue weighted by atomic mass is 10.1. The second kappa shape index (κ2) is 6.49. The third kappa shape index (κ3) is 3.77. The maximum atomic E-state index is 12.1. The highest BCUT2D eigenvalue weighted by atomic mass is 16.1. The zero-order valence-electron chi connectivity index (χ0n) is 11.9. The van der Waals surface area contributed by atoms with Crippen LogP contribution in [-0.4, -0.2) is 10.9 Å². The van der Waals surface area contributed by atoms with Crippen LogP contribution in [0.5, 0.6) is 0 Å². The van der Waals surface area contributed by atoms with E-state index in [0.29, 0.717) is 11.4 Å². The summed E-state index contributed by atoms with van der Waals surface area (Å²) in [6, 6.07) is 12.8. The highest BCUT2D eigenvalue weighted by Gasteiger charge is 2.10. The van der Waals surface area contributed by atoms with Gasteiger partial charge in [-0.3, -0.25) is 9.78 Å². The van der Waals surface area contributed by atoms with Gasteiger partial charge in [0.1, 0.15) is 11.6 Å². The number of rotatable bonds is 3. The molecule has 104 valence electrons. The molecule has 4 nitrogen and oxygen atoms in total. The molecule has 1 heterocycles. The summed E-state index contributed by atoms with van der Waals surface area (Å²) >= 11 is 0. The number of benzene rings is 1. The van der Waals surface area contributed by atoms with Crippen molar-refractivity contribution >= 4 is 17.7 Å². The van der Waals surface area contributed by atoms with Gasteiger partial charge in [0.05, 0.1) is 5.69 Å². The highest BCUT2D eigenvalue weighted by molar-refractivity contribution is 6.09. The third-order valence-electron chi connectivity index (χ3n) is 3.11. The number of carbonyl (C=O) groups excluding carboxylic acids is 1. The van der Waals surface area contributed by atoms with Crippen LogP contribution in [0.15, 0.2) is 48.2 Å². The molecular weight excluding hydrogens is 262 g/mol. The Hall–Kier alpha value is -2.93. The maximum absolute atomic E-state index is 12.1. The topological polar surface area (TPSA) is 65.8 Å². The summed E-state index contributed by atoms with van der Waals surface area (Å²) < 4.78 is 0. The van der Waals surface area contributed by atoms with E-state index in [-0.39, 0.29) is 5.57 Å². The smallest absolute Gasteiger partial charge is 0.266 e. The van der Waals surface area contributed by atoms with Crippen molar-refractivity contribution in [3.63, 3.8) is 0 Å². The van der Waals surface area contributed by atoms with Crippen LogP contribution in [0.4, 0.5) is 5.69 Å². The summed E-state index contributed by atoms with van der Waals surface area (Å²) in [7, 11) is 0. The van der Waals surface area contributed by atoms with Crippen molar-refractivity contribution in [2.75, 3.05) is 5.32 Å². The van der Waals surface area contributed by atoms with Gasteiger partial charge in [-0.2, -0.15) is 5.26 Å². The Kier molecular flexibility index (Phi) is 4.47. The van der Waals surface area contributed by atoms with Crippen LogP contribution in [0, 0.1) is 25.2 Å². The largest absolute Gasteiger partial charge is 0.321 e. The standard InChI is InChI=1S/C17H15N3O/c1-12-6-7-16(9-13(12)2)20-17(21)14(11-18)10-15-5-3-4-8-19-15/h3-10H,1-2H3,(H,20,21)/b14-10-. The first-order chi connectivity index (χ1) is 10.1. The first kappa shape index (κ1) is 14.5. The molecule has 1 aromatic heterocycles. The van der Waals surface area contributed by atoms with E-state index in [9.17, 15) is 4.79 Å². The molecule has 0 saturated heterocycles. The van der Waals surface area contributed by atoms with Crippen molar-refractivity contribution in [1.82, 2.24) is 4.98 Å². The van der Waals surface area contributed by atoms with E-state index in [0.717, 1.165) is 11.1 Å². The lowest BCUT2D eigenvalue weighted by Gasteiger charge is -2.07. The third-order valence-corrected chi connectivity index (χ3v) is 3.11. The fourth-order valence-corrected chi connectivity index (χ4v) is 1.78. The van der Waals surface area contributed by atoms with E-state index in [1.165, 1.54) is 6.08 Å². The van der Waals surface area contributed by atoms with Crippen LogP contribution in [0.25, 0.3) is 6.08 Å². The van der Waals surface area contributed by atoms with Gasteiger partial charge in [0.2, 0.25) is 0 Å². The van der Waals surface area contributed by atoms with Crippen molar-refractivity contribution in [3.8, 4) is 6.07 Å². The molecule has 1 amide bonds. The Morgan fingerprint density at radius 1 is 1.24 bits per heavy atom. The lowest BCUT2D eigenvalue weighted by Crippen LogP contribution is -2.13. The molecule has 21 heavy (non-hydrogen) atoms. The summed E-state index contributed by atoms with van der Waals surface area (Å²) in [5.74, 6) is -0.439. The molecule has 0 bridgehead atoms. The normalized spacial score (nSPS) is 10.8. The highest BCUT2D eigenvalue weighted by Crippen LogP contribution is 2.15. The van der Waals surface area contributed by atoms with Crippen molar-refractivity contribution in [2.24, 2.45) is 0 Å². The SMILES string of the molecule is Cc1ccc(NC(=O)/C(C#N)=C\c2ccccn2)cc1C. The van der Waals surface area contributed by atoms with Crippen LogP contribution in [0.3, 0.4) is 0 Å². The molecule has 0 unspecified atom stereocenters. The maximum Gasteiger partial charge on any atom is 0.266 e. The molecule has 0 aliphatic carbocycles. The molecule has 4 heteroatoms. The van der Waals surface area contributed by atoms with E-state index in [4.69, 9.17) is 5.26 Å². The van der Waals surface area contributed by atoms with E-state index < -0.39 is 5.91 Å². The van der Waals surface area contributed by atoms with Crippen molar-refractivity contribution in [1.29, 1.82) is 5.26 Å². The molecule has 0 saturated carbocycles. The van der Waals surface area contributed by atoms with E-state index in [1.807, 2.05) is 38.1 Å². The summed E-state index contributed by atoms with van der Waals surface area (Å²) in [5, 5.41) is 11.9. The van der Waals surface area contributed by atoms with Crippen molar-refractivity contribution < 1.29 is 4.79 Å². The Morgan fingerprint density at radius 3 is 2.67 bits per heavy atom. The fourth-order valence-electron chi connectivity index (χ4n) is 1.78. The van der Waals surface area contributed by atoms with Gasteiger partial charge in [0.15, 0.2) is 0 Å². The summed E-state index contributed by atoms with van der Waals surface area (Å²) in [6.45, 7) is 3.97. The van der Waals surface area contributed by atoms with Crippen LogP contribution in [-0.2, 0) is 4.79 Å². The molecule has 2 aromatic rings. The second-order valence-corrected chi connectivity index (χ2v) is 4.68. The Labute approximate surface area is 123 Å². The summed E-state index contributed by atoms with van der Waals surface area (Å²) in [5.41, 5.74) is 3.50. The second-order valence-electron chi connectivity index (χ2n) is 4.68. The van der Waals surface area contributed by atoms with Gasteiger partial charge in [0.25, 0.3) is 5.91 Å². The Morgan fingerprint density at radius 2 is 2.05 bits per heavy atom. The molecule has 0 radical (unpaired) electrons. The zero-order chi connectivity index (χ0) is 15.2. The number of hydrogen-bond donors (Lipinski definition) is 1. The number of nitrogens with zero attached hydrogens (tertiary/aromatic N) is 2. The number of amides is 1. The van der Waals surface area contributed by atoms with E-state index >= 15 is 0 Å². The average Bonchev–Trinajstić information content (AvgIpc) is 2.49. The lowest BCUT2D eigenvalue weighted by molar-refractivity contribution is -0.112. The molecule has 0 aliphatic rings. The van der Waals surface area contributed by atoms with Gasteiger partial charge in [-0.15, -0.1) is 0 Å². The minimum Gasteiger partial charge on any atom is -0.321 e. The number of aromatic nitrogens is 1. The summed E-state index contributed by atoms with van der Waals surface area (Å²) in [6.07, 6.45) is 3.08.